The molecule has 1 aromatic carbocycles. The highest BCUT2D eigenvalue weighted by molar-refractivity contribution is 9.10. The molecular formula is C15H18BrN3. The summed E-state index contributed by atoms with van der Waals surface area (Å²) in [5.41, 5.74) is 10.2. The third kappa shape index (κ3) is 3.14. The number of anilines is 1. The number of nitrogens with one attached hydrogen (secondary N) is 1. The Kier molecular flexibility index (Phi) is 4.56. The average molecular weight is 320 g/mol. The molecule has 0 aliphatic heterocycles. The maximum absolute atomic E-state index is 6.07. The number of aryl methyl sites for hydroxylation is 1. The normalized spacial score (nSPS) is 12.4. The quantitative estimate of drug-likeness (QED) is 0.907. The van der Waals surface area contributed by atoms with E-state index >= 15 is 0 Å². The Labute approximate surface area is 122 Å². The molecule has 0 amide bonds. The van der Waals surface area contributed by atoms with Gasteiger partial charge in [0, 0.05) is 28.1 Å². The first kappa shape index (κ1) is 14.0. The topological polar surface area (TPSA) is 50.9 Å². The van der Waals surface area contributed by atoms with Crippen molar-refractivity contribution in [2.45, 2.75) is 19.9 Å². The molecule has 3 nitrogen and oxygen atoms in total. The van der Waals surface area contributed by atoms with Gasteiger partial charge in [0.25, 0.3) is 0 Å². The molecule has 1 aromatic heterocycles. The first-order valence-electron chi connectivity index (χ1n) is 6.32. The SMILES string of the molecule is CCNC(c1cnccc1N)c1ccc(C)cc1Br. The lowest BCUT2D eigenvalue weighted by atomic mass is 9.98. The molecule has 0 spiro atoms. The van der Waals surface area contributed by atoms with Crippen LogP contribution in [0.15, 0.2) is 41.1 Å². The molecule has 19 heavy (non-hydrogen) atoms. The van der Waals surface area contributed by atoms with Gasteiger partial charge in [0.05, 0.1) is 6.04 Å². The molecule has 2 aromatic rings. The van der Waals surface area contributed by atoms with Crippen molar-refractivity contribution in [3.05, 3.63) is 57.8 Å². The molecule has 2 rings (SSSR count). The standard InChI is InChI=1S/C15H18BrN3/c1-3-19-15(12-9-18-7-6-14(12)17)11-5-4-10(2)8-13(11)16/h4-9,15,19H,3H2,1-2H3,(H2,17,18). The van der Waals surface area contributed by atoms with Crippen molar-refractivity contribution in [3.8, 4) is 0 Å². The van der Waals surface area contributed by atoms with Crippen LogP contribution in [0.25, 0.3) is 0 Å². The molecule has 0 aliphatic carbocycles. The minimum absolute atomic E-state index is 0.0497. The first-order valence-corrected chi connectivity index (χ1v) is 7.11. The molecular weight excluding hydrogens is 302 g/mol. The molecule has 4 heteroatoms. The van der Waals surface area contributed by atoms with E-state index in [1.54, 1.807) is 6.20 Å². The van der Waals surface area contributed by atoms with Crippen molar-refractivity contribution in [2.75, 3.05) is 12.3 Å². The largest absolute Gasteiger partial charge is 0.398 e. The summed E-state index contributed by atoms with van der Waals surface area (Å²) in [6.45, 7) is 5.02. The predicted octanol–water partition coefficient (Wildman–Crippen LogP) is 3.43. The summed E-state index contributed by atoms with van der Waals surface area (Å²) < 4.78 is 1.08. The van der Waals surface area contributed by atoms with E-state index < -0.39 is 0 Å². The minimum Gasteiger partial charge on any atom is -0.398 e. The van der Waals surface area contributed by atoms with Gasteiger partial charge in [-0.15, -0.1) is 0 Å². The molecule has 0 saturated carbocycles. The molecule has 100 valence electrons. The number of hydrogen-bond donors (Lipinski definition) is 2. The Bertz CT molecular complexity index is 569. The van der Waals surface area contributed by atoms with Crippen molar-refractivity contribution >= 4 is 21.6 Å². The maximum atomic E-state index is 6.07. The van der Waals surface area contributed by atoms with Crippen LogP contribution in [-0.2, 0) is 0 Å². The summed E-state index contributed by atoms with van der Waals surface area (Å²) >= 11 is 3.64. The summed E-state index contributed by atoms with van der Waals surface area (Å²) in [7, 11) is 0. The fourth-order valence-electron chi connectivity index (χ4n) is 2.12. The van der Waals surface area contributed by atoms with Crippen LogP contribution in [0.5, 0.6) is 0 Å². The van der Waals surface area contributed by atoms with Gasteiger partial charge in [-0.3, -0.25) is 4.98 Å². The monoisotopic (exact) mass is 319 g/mol. The third-order valence-electron chi connectivity index (χ3n) is 3.07. The molecule has 0 fully saturated rings. The molecule has 1 unspecified atom stereocenters. The maximum Gasteiger partial charge on any atom is 0.0623 e. The van der Waals surface area contributed by atoms with Crippen LogP contribution in [0.1, 0.15) is 29.7 Å². The van der Waals surface area contributed by atoms with E-state index in [-0.39, 0.29) is 6.04 Å². The lowest BCUT2D eigenvalue weighted by molar-refractivity contribution is 0.628. The van der Waals surface area contributed by atoms with Crippen LogP contribution in [0.4, 0.5) is 5.69 Å². The second kappa shape index (κ2) is 6.17. The van der Waals surface area contributed by atoms with Crippen LogP contribution < -0.4 is 11.1 Å². The summed E-state index contributed by atoms with van der Waals surface area (Å²) in [6, 6.07) is 8.23. The number of nitrogens with two attached hydrogens (primary N) is 1. The zero-order chi connectivity index (χ0) is 13.8. The van der Waals surface area contributed by atoms with Crippen LogP contribution in [0, 0.1) is 6.92 Å². The number of pyridine rings is 1. The van der Waals surface area contributed by atoms with Crippen molar-refractivity contribution in [1.82, 2.24) is 10.3 Å². The van der Waals surface area contributed by atoms with Crippen molar-refractivity contribution in [2.24, 2.45) is 0 Å². The fourth-order valence-corrected chi connectivity index (χ4v) is 2.84. The fraction of sp³-hybridized carbons (Fsp3) is 0.267. The lowest BCUT2D eigenvalue weighted by Crippen LogP contribution is -2.23. The number of halogens is 1. The van der Waals surface area contributed by atoms with Crippen molar-refractivity contribution in [1.29, 1.82) is 0 Å². The average Bonchev–Trinajstić information content (AvgIpc) is 2.38. The zero-order valence-corrected chi connectivity index (χ0v) is 12.7. The second-order valence-electron chi connectivity index (χ2n) is 4.52. The van der Waals surface area contributed by atoms with Gasteiger partial charge in [-0.2, -0.15) is 0 Å². The number of benzene rings is 1. The van der Waals surface area contributed by atoms with Crippen LogP contribution in [0.2, 0.25) is 0 Å². The molecule has 0 aliphatic rings. The Morgan fingerprint density at radius 1 is 1.32 bits per heavy atom. The first-order chi connectivity index (χ1) is 9.13. The van der Waals surface area contributed by atoms with E-state index in [9.17, 15) is 0 Å². The molecule has 0 bridgehead atoms. The van der Waals surface area contributed by atoms with E-state index in [1.165, 1.54) is 11.1 Å². The van der Waals surface area contributed by atoms with Gasteiger partial charge in [0.1, 0.15) is 0 Å². The minimum atomic E-state index is 0.0497. The summed E-state index contributed by atoms with van der Waals surface area (Å²) in [5.74, 6) is 0. The summed E-state index contributed by atoms with van der Waals surface area (Å²) in [6.07, 6.45) is 3.54. The Hall–Kier alpha value is -1.39. The van der Waals surface area contributed by atoms with Gasteiger partial charge in [-0.05, 0) is 36.7 Å². The highest BCUT2D eigenvalue weighted by atomic mass is 79.9. The predicted molar refractivity (Wildman–Crippen MR) is 83.0 cm³/mol. The molecule has 1 atom stereocenters. The smallest absolute Gasteiger partial charge is 0.0623 e. The Morgan fingerprint density at radius 3 is 2.74 bits per heavy atom. The van der Waals surface area contributed by atoms with Gasteiger partial charge < -0.3 is 11.1 Å². The number of nitrogen functional groups attached to an aromatic ring is 1. The number of hydrogen-bond acceptors (Lipinski definition) is 3. The van der Waals surface area contributed by atoms with E-state index in [4.69, 9.17) is 5.73 Å². The van der Waals surface area contributed by atoms with Crippen molar-refractivity contribution in [3.63, 3.8) is 0 Å². The Balaban J connectivity index is 2.48. The van der Waals surface area contributed by atoms with Gasteiger partial charge in [0.2, 0.25) is 0 Å². The van der Waals surface area contributed by atoms with Gasteiger partial charge in [-0.1, -0.05) is 35.0 Å². The number of rotatable bonds is 4. The van der Waals surface area contributed by atoms with Gasteiger partial charge in [0.15, 0.2) is 0 Å². The van der Waals surface area contributed by atoms with E-state index in [0.29, 0.717) is 0 Å². The van der Waals surface area contributed by atoms with E-state index in [2.05, 4.69) is 58.3 Å². The third-order valence-corrected chi connectivity index (χ3v) is 3.76. The molecule has 3 N–H and O–H groups in total. The Morgan fingerprint density at radius 2 is 2.11 bits per heavy atom. The summed E-state index contributed by atoms with van der Waals surface area (Å²) in [5, 5.41) is 3.47. The van der Waals surface area contributed by atoms with E-state index in [0.717, 1.165) is 22.3 Å². The lowest BCUT2D eigenvalue weighted by Gasteiger charge is -2.21. The number of nitrogens with zero attached hydrogens (tertiary/aromatic N) is 1. The van der Waals surface area contributed by atoms with E-state index in [1.807, 2.05) is 12.3 Å². The molecule has 0 radical (unpaired) electrons. The van der Waals surface area contributed by atoms with Crippen molar-refractivity contribution < 1.29 is 0 Å². The number of aromatic nitrogens is 1. The molecule has 0 saturated heterocycles. The van der Waals surface area contributed by atoms with Crippen LogP contribution in [-0.4, -0.2) is 11.5 Å². The van der Waals surface area contributed by atoms with Crippen LogP contribution in [0.3, 0.4) is 0 Å². The van der Waals surface area contributed by atoms with Crippen LogP contribution >= 0.6 is 15.9 Å². The molecule has 1 heterocycles. The summed E-state index contributed by atoms with van der Waals surface area (Å²) in [4.78, 5) is 4.19. The zero-order valence-electron chi connectivity index (χ0n) is 11.2. The highest BCUT2D eigenvalue weighted by Gasteiger charge is 2.18. The highest BCUT2D eigenvalue weighted by Crippen LogP contribution is 2.31. The van der Waals surface area contributed by atoms with Gasteiger partial charge in [-0.25, -0.2) is 0 Å². The van der Waals surface area contributed by atoms with Gasteiger partial charge >= 0.3 is 0 Å². The second-order valence-corrected chi connectivity index (χ2v) is 5.37.